The Morgan fingerprint density at radius 2 is 2.08 bits per heavy atom. The molecule has 3 aliphatic rings. The number of nitrogens with one attached hydrogen (secondary N) is 1. The molecule has 2 aromatic rings. The van der Waals surface area contributed by atoms with Gasteiger partial charge in [-0.05, 0) is 51.0 Å². The Hall–Kier alpha value is -3.49. The van der Waals surface area contributed by atoms with Crippen molar-refractivity contribution in [2.75, 3.05) is 37.3 Å². The maximum Gasteiger partial charge on any atom is 0.341 e. The molecular formula is C29H37FN4O4. The number of carboxylic acid groups (broad SMARTS) is 1. The number of anilines is 2. The SMILES string of the molecule is C/C=C1\C(=C/CC)CCCN1CCCNc1c(F)c(N)c2c(=O)c(C(=O)O)cn3c2c1OCC31CCCC1. The van der Waals surface area contributed by atoms with Crippen LogP contribution < -0.4 is 21.2 Å². The van der Waals surface area contributed by atoms with Gasteiger partial charge in [0.05, 0.1) is 22.1 Å². The highest BCUT2D eigenvalue weighted by molar-refractivity contribution is 6.03. The number of aromatic nitrogens is 1. The molecule has 1 aromatic heterocycles. The maximum absolute atomic E-state index is 15.7. The molecule has 0 bridgehead atoms. The van der Waals surface area contributed by atoms with Crippen molar-refractivity contribution >= 4 is 28.2 Å². The van der Waals surface area contributed by atoms with Crippen molar-refractivity contribution in [1.82, 2.24) is 9.47 Å². The summed E-state index contributed by atoms with van der Waals surface area (Å²) in [6, 6.07) is 0. The van der Waals surface area contributed by atoms with E-state index in [2.05, 4.69) is 36.2 Å². The molecule has 5 rings (SSSR count). The summed E-state index contributed by atoms with van der Waals surface area (Å²) in [4.78, 5) is 27.4. The number of likely N-dealkylation sites (tertiary alicyclic amines) is 1. The van der Waals surface area contributed by atoms with Crippen LogP contribution in [0.1, 0.15) is 75.6 Å². The summed E-state index contributed by atoms with van der Waals surface area (Å²) in [5.74, 6) is -1.89. The van der Waals surface area contributed by atoms with Crippen LogP contribution in [0.2, 0.25) is 0 Å². The number of aromatic carboxylic acids is 1. The van der Waals surface area contributed by atoms with Gasteiger partial charge in [0.15, 0.2) is 11.6 Å². The molecule has 38 heavy (non-hydrogen) atoms. The maximum atomic E-state index is 15.7. The number of benzene rings is 1. The molecule has 4 N–H and O–H groups in total. The van der Waals surface area contributed by atoms with E-state index in [1.807, 2.05) is 4.57 Å². The fourth-order valence-electron chi connectivity index (χ4n) is 6.52. The van der Waals surface area contributed by atoms with E-state index in [0.717, 1.165) is 64.5 Å². The van der Waals surface area contributed by atoms with E-state index in [1.54, 1.807) is 0 Å². The van der Waals surface area contributed by atoms with Crippen LogP contribution in [0.15, 0.2) is 34.4 Å². The van der Waals surface area contributed by atoms with Crippen LogP contribution in [-0.2, 0) is 5.54 Å². The van der Waals surface area contributed by atoms with Gasteiger partial charge in [-0.1, -0.05) is 31.9 Å². The number of rotatable bonds is 7. The quantitative estimate of drug-likeness (QED) is 0.336. The smallest absolute Gasteiger partial charge is 0.341 e. The monoisotopic (exact) mass is 524 g/mol. The molecule has 204 valence electrons. The van der Waals surface area contributed by atoms with Crippen LogP contribution in [0.25, 0.3) is 10.9 Å². The molecule has 8 nitrogen and oxygen atoms in total. The predicted molar refractivity (Wildman–Crippen MR) is 148 cm³/mol. The lowest BCUT2D eigenvalue weighted by molar-refractivity contribution is 0.0692. The first-order chi connectivity index (χ1) is 18.3. The van der Waals surface area contributed by atoms with Gasteiger partial charge in [0.25, 0.3) is 0 Å². The van der Waals surface area contributed by atoms with Crippen LogP contribution in [0.5, 0.6) is 5.75 Å². The van der Waals surface area contributed by atoms with Gasteiger partial charge in [0, 0.05) is 31.5 Å². The van der Waals surface area contributed by atoms with Gasteiger partial charge in [0.2, 0.25) is 5.43 Å². The summed E-state index contributed by atoms with van der Waals surface area (Å²) in [6.07, 6.45) is 13.4. The number of carbonyl (C=O) groups is 1. The zero-order valence-corrected chi connectivity index (χ0v) is 22.2. The number of allylic oxidation sites excluding steroid dienone is 3. The standard InChI is InChI=1S/C29H37FN4O4/c1-3-9-18-10-7-14-33(20(18)4-2)15-8-13-32-24-22(30)23(31)21-25-27(24)38-17-29(11-5-6-12-29)34(25)16-19(26(21)35)28(36)37/h4,9,16,32H,3,5-8,10-15,17,31H2,1-2H3,(H,36,37)/b18-9-,20-4+. The van der Waals surface area contributed by atoms with E-state index in [-0.39, 0.29) is 22.5 Å². The van der Waals surface area contributed by atoms with Gasteiger partial charge < -0.3 is 30.4 Å². The summed E-state index contributed by atoms with van der Waals surface area (Å²) in [6.45, 7) is 6.81. The Morgan fingerprint density at radius 3 is 2.76 bits per heavy atom. The van der Waals surface area contributed by atoms with Crippen molar-refractivity contribution in [2.24, 2.45) is 0 Å². The fraction of sp³-hybridized carbons (Fsp3) is 0.517. The van der Waals surface area contributed by atoms with Crippen molar-refractivity contribution in [2.45, 2.75) is 70.8 Å². The Labute approximate surface area is 221 Å². The number of fused-ring (bicyclic) bond motifs is 1. The second-order valence-corrected chi connectivity index (χ2v) is 10.6. The van der Waals surface area contributed by atoms with Crippen LogP contribution in [0, 0.1) is 5.82 Å². The first-order valence-corrected chi connectivity index (χ1v) is 13.7. The normalized spacial score (nSPS) is 20.4. The molecule has 1 spiro atoms. The number of carboxylic acids is 1. The third kappa shape index (κ3) is 4.22. The van der Waals surface area contributed by atoms with Gasteiger partial charge >= 0.3 is 5.97 Å². The lowest BCUT2D eigenvalue weighted by atomic mass is 9.93. The summed E-state index contributed by atoms with van der Waals surface area (Å²) in [5, 5.41) is 12.8. The third-order valence-electron chi connectivity index (χ3n) is 8.31. The van der Waals surface area contributed by atoms with Crippen LogP contribution in [-0.4, -0.2) is 46.8 Å². The van der Waals surface area contributed by atoms with Crippen LogP contribution in [0.4, 0.5) is 15.8 Å². The third-order valence-corrected chi connectivity index (χ3v) is 8.31. The van der Waals surface area contributed by atoms with Crippen molar-refractivity contribution in [3.63, 3.8) is 0 Å². The number of hydrogen-bond donors (Lipinski definition) is 3. The first-order valence-electron chi connectivity index (χ1n) is 13.7. The lowest BCUT2D eigenvalue weighted by Crippen LogP contribution is -2.42. The highest BCUT2D eigenvalue weighted by Gasteiger charge is 2.43. The number of piperidine rings is 1. The number of hydrogen-bond acceptors (Lipinski definition) is 6. The molecule has 2 aliphatic heterocycles. The molecule has 2 fully saturated rings. The number of nitrogens with two attached hydrogens (primary N) is 1. The highest BCUT2D eigenvalue weighted by atomic mass is 19.1. The van der Waals surface area contributed by atoms with Crippen molar-refractivity contribution in [3.05, 3.63) is 51.2 Å². The van der Waals surface area contributed by atoms with Crippen LogP contribution >= 0.6 is 0 Å². The van der Waals surface area contributed by atoms with Crippen molar-refractivity contribution in [1.29, 1.82) is 0 Å². The van der Waals surface area contributed by atoms with E-state index in [0.29, 0.717) is 18.7 Å². The van der Waals surface area contributed by atoms with Gasteiger partial charge in [-0.15, -0.1) is 0 Å². The molecular weight excluding hydrogens is 487 g/mol. The van der Waals surface area contributed by atoms with Crippen LogP contribution in [0.3, 0.4) is 0 Å². The Morgan fingerprint density at radius 1 is 1.32 bits per heavy atom. The van der Waals surface area contributed by atoms with E-state index in [1.165, 1.54) is 17.5 Å². The minimum Gasteiger partial charge on any atom is -0.487 e. The molecule has 0 radical (unpaired) electrons. The number of pyridine rings is 1. The van der Waals surface area contributed by atoms with E-state index < -0.39 is 28.3 Å². The van der Waals surface area contributed by atoms with Gasteiger partial charge in [0.1, 0.15) is 17.9 Å². The van der Waals surface area contributed by atoms with Gasteiger partial charge in [-0.2, -0.15) is 0 Å². The Balaban J connectivity index is 1.47. The van der Waals surface area contributed by atoms with E-state index in [9.17, 15) is 14.7 Å². The van der Waals surface area contributed by atoms with E-state index in [4.69, 9.17) is 10.5 Å². The molecule has 0 atom stereocenters. The van der Waals surface area contributed by atoms with Gasteiger partial charge in [-0.25, -0.2) is 9.18 Å². The number of nitrogens with zero attached hydrogens (tertiary/aromatic N) is 2. The van der Waals surface area contributed by atoms with E-state index >= 15 is 4.39 Å². The van der Waals surface area contributed by atoms with Crippen molar-refractivity contribution in [3.8, 4) is 5.75 Å². The predicted octanol–water partition coefficient (Wildman–Crippen LogP) is 5.22. The highest BCUT2D eigenvalue weighted by Crippen LogP contribution is 2.48. The summed E-state index contributed by atoms with van der Waals surface area (Å²) in [5.41, 5.74) is 7.39. The minimum absolute atomic E-state index is 0.116. The largest absolute Gasteiger partial charge is 0.487 e. The molecule has 0 amide bonds. The summed E-state index contributed by atoms with van der Waals surface area (Å²) in [7, 11) is 0. The number of ether oxygens (including phenoxy) is 1. The second kappa shape index (κ2) is 10.3. The average molecular weight is 525 g/mol. The topological polar surface area (TPSA) is 110 Å². The van der Waals surface area contributed by atoms with Crippen molar-refractivity contribution < 1.29 is 19.0 Å². The molecule has 1 saturated heterocycles. The average Bonchev–Trinajstić information content (AvgIpc) is 3.37. The Bertz CT molecular complexity index is 1390. The molecule has 9 heteroatoms. The molecule has 1 aliphatic carbocycles. The second-order valence-electron chi connectivity index (χ2n) is 10.6. The molecule has 0 unspecified atom stereocenters. The zero-order chi connectivity index (χ0) is 27.0. The van der Waals surface area contributed by atoms with Gasteiger partial charge in [-0.3, -0.25) is 4.79 Å². The number of halogens is 1. The summed E-state index contributed by atoms with van der Waals surface area (Å²) < 4.78 is 23.7. The lowest BCUT2D eigenvalue weighted by Gasteiger charge is -2.39. The molecule has 3 heterocycles. The molecule has 1 aromatic carbocycles. The first kappa shape index (κ1) is 26.1. The Kier molecular flexibility index (Phi) is 7.11. The fourth-order valence-corrected chi connectivity index (χ4v) is 6.52. The summed E-state index contributed by atoms with van der Waals surface area (Å²) >= 11 is 0. The minimum atomic E-state index is -1.35. The molecule has 1 saturated carbocycles. The number of nitrogen functional groups attached to an aromatic ring is 1. The zero-order valence-electron chi connectivity index (χ0n) is 22.2.